The van der Waals surface area contributed by atoms with E-state index in [1.807, 2.05) is 0 Å². The van der Waals surface area contributed by atoms with Crippen LogP contribution in [0.25, 0.3) is 17.4 Å². The van der Waals surface area contributed by atoms with Gasteiger partial charge in [-0.3, -0.25) is 29.4 Å². The van der Waals surface area contributed by atoms with E-state index in [2.05, 4.69) is 5.32 Å². The number of para-hydroxylation sites is 1. The fourth-order valence-corrected chi connectivity index (χ4v) is 4.02. The fourth-order valence-electron chi connectivity index (χ4n) is 3.20. The van der Waals surface area contributed by atoms with Crippen molar-refractivity contribution in [2.45, 2.75) is 0 Å². The number of nitro groups is 1. The number of nitrogens with zero attached hydrogens (tertiary/aromatic N) is 2. The van der Waals surface area contributed by atoms with Crippen LogP contribution >= 0.6 is 11.8 Å². The number of nitrogens with one attached hydrogen (secondary N) is 1. The van der Waals surface area contributed by atoms with Crippen LogP contribution in [0.5, 0.6) is 5.75 Å². The fraction of sp³-hybridized carbons (Fsp3) is 0.0870. The average molecular weight is 479 g/mol. The summed E-state index contributed by atoms with van der Waals surface area (Å²) in [5.74, 6) is -0.0658. The molecule has 10 nitrogen and oxygen atoms in total. The van der Waals surface area contributed by atoms with Gasteiger partial charge in [0, 0.05) is 17.8 Å². The summed E-state index contributed by atoms with van der Waals surface area (Å²) in [6.07, 6.45) is 1.37. The number of amides is 3. The zero-order valence-electron chi connectivity index (χ0n) is 17.7. The third-order valence-electron chi connectivity index (χ3n) is 4.82. The van der Waals surface area contributed by atoms with Crippen molar-refractivity contribution in [3.05, 3.63) is 81.4 Å². The maximum absolute atomic E-state index is 12.7. The van der Waals surface area contributed by atoms with Crippen molar-refractivity contribution >= 4 is 46.3 Å². The predicted molar refractivity (Wildman–Crippen MR) is 125 cm³/mol. The highest BCUT2D eigenvalue weighted by molar-refractivity contribution is 8.18. The van der Waals surface area contributed by atoms with Gasteiger partial charge >= 0.3 is 0 Å². The van der Waals surface area contributed by atoms with Crippen LogP contribution in [0.2, 0.25) is 0 Å². The molecule has 2 aromatic carbocycles. The van der Waals surface area contributed by atoms with E-state index in [1.165, 1.54) is 25.3 Å². The largest absolute Gasteiger partial charge is 0.497 e. The molecule has 0 unspecified atom stereocenters. The lowest BCUT2D eigenvalue weighted by atomic mass is 10.1. The van der Waals surface area contributed by atoms with E-state index in [1.54, 1.807) is 48.5 Å². The minimum absolute atomic E-state index is 0.0747. The molecule has 0 saturated carbocycles. The molecule has 11 heteroatoms. The Kier molecular flexibility index (Phi) is 6.46. The SMILES string of the molecule is COc1ccc(NC(=O)CN2C(=O)S/C(=C/c3ccc(-c4ccccc4[N+](=O)[O-])o3)C2=O)cc1. The Balaban J connectivity index is 1.46. The van der Waals surface area contributed by atoms with Crippen molar-refractivity contribution in [3.63, 3.8) is 0 Å². The van der Waals surface area contributed by atoms with Gasteiger partial charge < -0.3 is 14.5 Å². The van der Waals surface area contributed by atoms with Crippen molar-refractivity contribution in [1.29, 1.82) is 0 Å². The van der Waals surface area contributed by atoms with Crippen LogP contribution in [-0.2, 0) is 9.59 Å². The van der Waals surface area contributed by atoms with Gasteiger partial charge in [0.25, 0.3) is 16.8 Å². The Morgan fingerprint density at radius 3 is 2.59 bits per heavy atom. The van der Waals surface area contributed by atoms with Gasteiger partial charge in [0.1, 0.15) is 23.8 Å². The molecule has 0 spiro atoms. The molecule has 172 valence electrons. The maximum atomic E-state index is 12.7. The second kappa shape index (κ2) is 9.63. The molecule has 0 atom stereocenters. The smallest absolute Gasteiger partial charge is 0.294 e. The summed E-state index contributed by atoms with van der Waals surface area (Å²) >= 11 is 0.677. The third kappa shape index (κ3) is 4.84. The first-order valence-corrected chi connectivity index (χ1v) is 10.7. The number of rotatable bonds is 7. The first-order chi connectivity index (χ1) is 16.4. The predicted octanol–water partition coefficient (Wildman–Crippen LogP) is 4.54. The lowest BCUT2D eigenvalue weighted by Gasteiger charge is -2.12. The number of hydrogen-bond donors (Lipinski definition) is 1. The van der Waals surface area contributed by atoms with Crippen molar-refractivity contribution in [2.75, 3.05) is 19.0 Å². The number of hydrogen-bond acceptors (Lipinski definition) is 8. The minimum atomic E-state index is -0.636. The van der Waals surface area contributed by atoms with E-state index in [4.69, 9.17) is 9.15 Å². The molecular formula is C23H17N3O7S. The quantitative estimate of drug-likeness (QED) is 0.297. The number of carbonyl (C=O) groups is 3. The van der Waals surface area contributed by atoms with Crippen molar-refractivity contribution in [3.8, 4) is 17.1 Å². The summed E-state index contributed by atoms with van der Waals surface area (Å²) in [5, 5.41) is 13.3. The molecule has 2 heterocycles. The van der Waals surface area contributed by atoms with E-state index in [9.17, 15) is 24.5 Å². The first kappa shape index (κ1) is 22.8. The number of nitro benzene ring substituents is 1. The number of methoxy groups -OCH3 is 1. The molecule has 1 aliphatic heterocycles. The van der Waals surface area contributed by atoms with Gasteiger partial charge in [-0.05, 0) is 54.2 Å². The molecular weight excluding hydrogens is 462 g/mol. The van der Waals surface area contributed by atoms with Gasteiger partial charge in [0.2, 0.25) is 5.91 Å². The van der Waals surface area contributed by atoms with Crippen LogP contribution in [0.1, 0.15) is 5.76 Å². The maximum Gasteiger partial charge on any atom is 0.294 e. The van der Waals surface area contributed by atoms with Crippen LogP contribution in [0, 0.1) is 10.1 Å². The summed E-state index contributed by atoms with van der Waals surface area (Å²) in [4.78, 5) is 49.0. The van der Waals surface area contributed by atoms with Crippen LogP contribution in [0.3, 0.4) is 0 Å². The van der Waals surface area contributed by atoms with Crippen molar-refractivity contribution < 1.29 is 28.5 Å². The van der Waals surface area contributed by atoms with Crippen molar-refractivity contribution in [1.82, 2.24) is 4.90 Å². The molecule has 1 saturated heterocycles. The molecule has 3 amide bonds. The van der Waals surface area contributed by atoms with E-state index in [0.29, 0.717) is 23.2 Å². The van der Waals surface area contributed by atoms with Gasteiger partial charge in [0.15, 0.2) is 0 Å². The number of ether oxygens (including phenoxy) is 1. The molecule has 34 heavy (non-hydrogen) atoms. The lowest BCUT2D eigenvalue weighted by Crippen LogP contribution is -2.36. The third-order valence-corrected chi connectivity index (χ3v) is 5.72. The van der Waals surface area contributed by atoms with E-state index in [-0.39, 0.29) is 27.7 Å². The molecule has 1 fully saturated rings. The van der Waals surface area contributed by atoms with Crippen LogP contribution in [0.15, 0.2) is 70.0 Å². The Labute approximate surface area is 197 Å². The second-order valence-electron chi connectivity index (χ2n) is 7.02. The Morgan fingerprint density at radius 1 is 1.15 bits per heavy atom. The Morgan fingerprint density at radius 2 is 1.88 bits per heavy atom. The number of carbonyl (C=O) groups excluding carboxylic acids is 3. The molecule has 4 rings (SSSR count). The summed E-state index contributed by atoms with van der Waals surface area (Å²) in [6.45, 7) is -0.451. The summed E-state index contributed by atoms with van der Waals surface area (Å²) in [7, 11) is 1.52. The van der Waals surface area contributed by atoms with Gasteiger partial charge in [0.05, 0.1) is 22.5 Å². The van der Waals surface area contributed by atoms with Gasteiger partial charge in [-0.1, -0.05) is 12.1 Å². The van der Waals surface area contributed by atoms with Gasteiger partial charge in [-0.15, -0.1) is 0 Å². The highest BCUT2D eigenvalue weighted by atomic mass is 32.2. The summed E-state index contributed by atoms with van der Waals surface area (Å²) in [5.41, 5.74) is 0.661. The van der Waals surface area contributed by atoms with E-state index in [0.717, 1.165) is 4.90 Å². The molecule has 3 aromatic rings. The molecule has 0 bridgehead atoms. The number of benzene rings is 2. The molecule has 1 aliphatic rings. The molecule has 0 aliphatic carbocycles. The highest BCUT2D eigenvalue weighted by Crippen LogP contribution is 2.35. The normalized spacial score (nSPS) is 14.5. The monoisotopic (exact) mass is 479 g/mol. The second-order valence-corrected chi connectivity index (χ2v) is 8.01. The molecule has 1 N–H and O–H groups in total. The zero-order valence-corrected chi connectivity index (χ0v) is 18.5. The van der Waals surface area contributed by atoms with Crippen LogP contribution in [-0.4, -0.2) is 40.5 Å². The number of imide groups is 1. The van der Waals surface area contributed by atoms with Gasteiger partial charge in [-0.25, -0.2) is 0 Å². The lowest BCUT2D eigenvalue weighted by molar-refractivity contribution is -0.384. The number of anilines is 1. The standard InChI is InChI=1S/C23H17N3O7S/c1-32-15-8-6-14(7-9-15)24-21(27)13-25-22(28)20(34-23(25)29)12-16-10-11-19(33-16)17-4-2-3-5-18(17)26(30)31/h2-12H,13H2,1H3,(H,24,27)/b20-12+. The topological polar surface area (TPSA) is 132 Å². The van der Waals surface area contributed by atoms with E-state index < -0.39 is 28.5 Å². The molecule has 0 radical (unpaired) electrons. The zero-order chi connectivity index (χ0) is 24.2. The average Bonchev–Trinajstić information content (AvgIpc) is 3.40. The minimum Gasteiger partial charge on any atom is -0.497 e. The number of thioether (sulfide) groups is 1. The first-order valence-electron chi connectivity index (χ1n) is 9.88. The van der Waals surface area contributed by atoms with Crippen LogP contribution in [0.4, 0.5) is 16.2 Å². The molecule has 1 aromatic heterocycles. The Bertz CT molecular complexity index is 1310. The Hall–Kier alpha value is -4.38. The number of furan rings is 1. The van der Waals surface area contributed by atoms with Gasteiger partial charge in [-0.2, -0.15) is 0 Å². The highest BCUT2D eigenvalue weighted by Gasteiger charge is 2.36. The van der Waals surface area contributed by atoms with Crippen LogP contribution < -0.4 is 10.1 Å². The van der Waals surface area contributed by atoms with E-state index >= 15 is 0 Å². The summed E-state index contributed by atoms with van der Waals surface area (Å²) in [6, 6.07) is 15.8. The van der Waals surface area contributed by atoms with Crippen molar-refractivity contribution in [2.24, 2.45) is 0 Å². The summed E-state index contributed by atoms with van der Waals surface area (Å²) < 4.78 is 10.7.